The van der Waals surface area contributed by atoms with Crippen LogP contribution in [0.15, 0.2) is 22.7 Å². The quantitative estimate of drug-likeness (QED) is 0.822. The molecule has 0 aliphatic carbocycles. The number of ether oxygens (including phenoxy) is 1. The Morgan fingerprint density at radius 2 is 2.19 bits per heavy atom. The lowest BCUT2D eigenvalue weighted by Gasteiger charge is -2.19. The van der Waals surface area contributed by atoms with Gasteiger partial charge >= 0.3 is 0 Å². The van der Waals surface area contributed by atoms with Crippen LogP contribution in [-0.4, -0.2) is 35.8 Å². The molecular weight excluding hydrogens is 354 g/mol. The van der Waals surface area contributed by atoms with Gasteiger partial charge in [0.15, 0.2) is 0 Å². The second-order valence-corrected chi connectivity index (χ2v) is 5.98. The fourth-order valence-electron chi connectivity index (χ4n) is 2.73. The van der Waals surface area contributed by atoms with Gasteiger partial charge in [0, 0.05) is 29.6 Å². The lowest BCUT2D eigenvalue weighted by molar-refractivity contribution is 0.0787. The normalized spacial score (nSPS) is 18.0. The first-order valence-corrected chi connectivity index (χ1v) is 7.77. The monoisotopic (exact) mass is 371 g/mol. The van der Waals surface area contributed by atoms with Gasteiger partial charge in [-0.05, 0) is 38.5 Å². The summed E-state index contributed by atoms with van der Waals surface area (Å²) < 4.78 is 6.77. The fraction of sp³-hybridized carbons (Fsp3) is 0.467. The maximum Gasteiger partial charge on any atom is 0.140 e. The number of anilines is 1. The molecule has 1 aliphatic heterocycles. The number of aryl methyl sites for hydroxylation is 1. The van der Waals surface area contributed by atoms with Crippen LogP contribution < -0.4 is 4.90 Å². The number of halogens is 2. The van der Waals surface area contributed by atoms with Crippen molar-refractivity contribution in [2.75, 3.05) is 24.6 Å². The third-order valence-electron chi connectivity index (χ3n) is 3.60. The lowest BCUT2D eigenvalue weighted by atomic mass is 10.2. The molecule has 6 heteroatoms. The predicted molar refractivity (Wildman–Crippen MR) is 91.5 cm³/mol. The molecule has 3 rings (SSSR count). The van der Waals surface area contributed by atoms with Gasteiger partial charge in [0.25, 0.3) is 0 Å². The van der Waals surface area contributed by atoms with Crippen molar-refractivity contribution < 1.29 is 4.74 Å². The Bertz CT molecular complexity index is 632. The van der Waals surface area contributed by atoms with E-state index in [1.807, 2.05) is 26.0 Å². The lowest BCUT2D eigenvalue weighted by Crippen LogP contribution is -2.24. The van der Waals surface area contributed by atoms with Crippen molar-refractivity contribution in [2.45, 2.75) is 26.4 Å². The molecule has 1 atom stereocenters. The largest absolute Gasteiger partial charge is 0.377 e. The third-order valence-corrected chi connectivity index (χ3v) is 4.09. The van der Waals surface area contributed by atoms with Gasteiger partial charge in [0.1, 0.15) is 11.6 Å². The molecule has 114 valence electrons. The van der Waals surface area contributed by atoms with E-state index in [0.29, 0.717) is 6.10 Å². The second kappa shape index (κ2) is 6.90. The average molecular weight is 373 g/mol. The van der Waals surface area contributed by atoms with Gasteiger partial charge in [-0.15, -0.1) is 12.4 Å². The Hall–Kier alpha value is -0.910. The predicted octanol–water partition coefficient (Wildman–Crippen LogP) is 3.74. The first-order chi connectivity index (χ1) is 9.67. The number of benzene rings is 1. The molecule has 1 aromatic carbocycles. The van der Waals surface area contributed by atoms with Crippen molar-refractivity contribution in [3.05, 3.63) is 28.5 Å². The van der Waals surface area contributed by atoms with Crippen molar-refractivity contribution in [1.82, 2.24) is 9.97 Å². The van der Waals surface area contributed by atoms with E-state index in [1.165, 1.54) is 0 Å². The molecule has 0 amide bonds. The van der Waals surface area contributed by atoms with Crippen molar-refractivity contribution in [1.29, 1.82) is 0 Å². The average Bonchev–Trinajstić information content (AvgIpc) is 2.86. The molecule has 1 aliphatic rings. The Morgan fingerprint density at radius 1 is 1.38 bits per heavy atom. The highest BCUT2D eigenvalue weighted by Crippen LogP contribution is 2.29. The summed E-state index contributed by atoms with van der Waals surface area (Å²) in [6.45, 7) is 6.67. The molecule has 1 aromatic heterocycles. The highest BCUT2D eigenvalue weighted by molar-refractivity contribution is 9.10. The van der Waals surface area contributed by atoms with Crippen molar-refractivity contribution in [3.63, 3.8) is 0 Å². The SMILES string of the molecule is CCO[C@H]1CCN(c2nc(C)nc3cc(Br)ccc23)C1.Cl. The Balaban J connectivity index is 0.00000161. The number of fused-ring (bicyclic) bond motifs is 1. The molecular formula is C15H19BrClN3O. The third kappa shape index (κ3) is 3.47. The van der Waals surface area contributed by atoms with Crippen molar-refractivity contribution in [2.24, 2.45) is 0 Å². The van der Waals surface area contributed by atoms with Gasteiger partial charge < -0.3 is 9.64 Å². The molecule has 21 heavy (non-hydrogen) atoms. The van der Waals surface area contributed by atoms with Crippen LogP contribution >= 0.6 is 28.3 Å². The van der Waals surface area contributed by atoms with Gasteiger partial charge in [0.05, 0.1) is 11.6 Å². The standard InChI is InChI=1S/C15H18BrN3O.ClH/c1-3-20-12-6-7-19(9-12)15-13-5-4-11(16)8-14(13)17-10(2)18-15;/h4-5,8,12H,3,6-7,9H2,1-2H3;1H/t12-;/m0./s1. The van der Waals surface area contributed by atoms with Gasteiger partial charge in [0.2, 0.25) is 0 Å². The number of hydrogen-bond donors (Lipinski definition) is 0. The summed E-state index contributed by atoms with van der Waals surface area (Å²) >= 11 is 3.50. The molecule has 0 unspecified atom stereocenters. The van der Waals surface area contributed by atoms with Gasteiger partial charge in [-0.25, -0.2) is 9.97 Å². The Kier molecular flexibility index (Phi) is 5.41. The number of aromatic nitrogens is 2. The number of nitrogens with zero attached hydrogens (tertiary/aromatic N) is 3. The summed E-state index contributed by atoms with van der Waals surface area (Å²) in [6, 6.07) is 6.17. The summed E-state index contributed by atoms with van der Waals surface area (Å²) in [6.07, 6.45) is 1.38. The Morgan fingerprint density at radius 3 is 2.95 bits per heavy atom. The topological polar surface area (TPSA) is 38.2 Å². The smallest absolute Gasteiger partial charge is 0.140 e. The molecule has 4 nitrogen and oxygen atoms in total. The van der Waals surface area contributed by atoms with E-state index < -0.39 is 0 Å². The fourth-order valence-corrected chi connectivity index (χ4v) is 3.08. The van der Waals surface area contributed by atoms with Crippen LogP contribution in [-0.2, 0) is 4.74 Å². The Labute approximate surface area is 139 Å². The molecule has 0 spiro atoms. The summed E-state index contributed by atoms with van der Waals surface area (Å²) in [4.78, 5) is 11.5. The second-order valence-electron chi connectivity index (χ2n) is 5.07. The highest BCUT2D eigenvalue weighted by Gasteiger charge is 2.25. The van der Waals surface area contributed by atoms with E-state index in [-0.39, 0.29) is 12.4 Å². The van der Waals surface area contributed by atoms with Crippen LogP contribution in [0.3, 0.4) is 0 Å². The first kappa shape index (κ1) is 16.5. The summed E-state index contributed by atoms with van der Waals surface area (Å²) in [5, 5.41) is 1.11. The molecule has 1 saturated heterocycles. The molecule has 0 saturated carbocycles. The van der Waals surface area contributed by atoms with Crippen LogP contribution in [0.1, 0.15) is 19.2 Å². The molecule has 0 bridgehead atoms. The van der Waals surface area contributed by atoms with Gasteiger partial charge in [-0.3, -0.25) is 0 Å². The molecule has 0 N–H and O–H groups in total. The molecule has 2 heterocycles. The van der Waals surface area contributed by atoms with E-state index in [1.54, 1.807) is 0 Å². The minimum absolute atomic E-state index is 0. The van der Waals surface area contributed by atoms with Crippen LogP contribution in [0.4, 0.5) is 5.82 Å². The van der Waals surface area contributed by atoms with Crippen LogP contribution in [0.25, 0.3) is 10.9 Å². The molecule has 2 aromatic rings. The van der Waals surface area contributed by atoms with E-state index in [4.69, 9.17) is 4.74 Å². The zero-order chi connectivity index (χ0) is 14.1. The van der Waals surface area contributed by atoms with E-state index in [2.05, 4.69) is 36.9 Å². The van der Waals surface area contributed by atoms with Gasteiger partial charge in [-0.1, -0.05) is 15.9 Å². The van der Waals surface area contributed by atoms with E-state index >= 15 is 0 Å². The van der Waals surface area contributed by atoms with Crippen LogP contribution in [0.5, 0.6) is 0 Å². The maximum absolute atomic E-state index is 5.72. The minimum atomic E-state index is 0. The summed E-state index contributed by atoms with van der Waals surface area (Å²) in [7, 11) is 0. The van der Waals surface area contributed by atoms with E-state index in [0.717, 1.165) is 53.1 Å². The summed E-state index contributed by atoms with van der Waals surface area (Å²) in [5.74, 6) is 1.84. The van der Waals surface area contributed by atoms with Gasteiger partial charge in [-0.2, -0.15) is 0 Å². The van der Waals surface area contributed by atoms with Crippen LogP contribution in [0, 0.1) is 6.92 Å². The minimum Gasteiger partial charge on any atom is -0.377 e. The number of hydrogen-bond acceptors (Lipinski definition) is 4. The van der Waals surface area contributed by atoms with Crippen molar-refractivity contribution >= 4 is 45.1 Å². The molecule has 0 radical (unpaired) electrons. The van der Waals surface area contributed by atoms with Crippen LogP contribution in [0.2, 0.25) is 0 Å². The first-order valence-electron chi connectivity index (χ1n) is 6.98. The molecule has 1 fully saturated rings. The zero-order valence-corrected chi connectivity index (χ0v) is 14.6. The number of rotatable bonds is 3. The van der Waals surface area contributed by atoms with Crippen molar-refractivity contribution in [3.8, 4) is 0 Å². The summed E-state index contributed by atoms with van der Waals surface area (Å²) in [5.41, 5.74) is 0.988. The van der Waals surface area contributed by atoms with E-state index in [9.17, 15) is 0 Å². The maximum atomic E-state index is 5.72. The zero-order valence-electron chi connectivity index (χ0n) is 12.2. The highest BCUT2D eigenvalue weighted by atomic mass is 79.9.